The normalized spacial score (nSPS) is 12.7. The lowest BCUT2D eigenvalue weighted by Crippen LogP contribution is -2.21. The van der Waals surface area contributed by atoms with E-state index in [2.05, 4.69) is 28.4 Å². The second kappa shape index (κ2) is 13.3. The molecule has 0 aliphatic rings. The highest BCUT2D eigenvalue weighted by atomic mass is 16.2. The number of unbranched alkanes of at least 4 members (excludes halogenated alkanes) is 2. The summed E-state index contributed by atoms with van der Waals surface area (Å²) in [4.78, 5) is 0. The maximum atomic E-state index is 8.80. The van der Waals surface area contributed by atoms with Crippen molar-refractivity contribution in [1.29, 1.82) is 0 Å². The van der Waals surface area contributed by atoms with Crippen molar-refractivity contribution in [2.45, 2.75) is 39.5 Å². The molecule has 0 atom stereocenters. The van der Waals surface area contributed by atoms with Crippen LogP contribution in [0.25, 0.3) is 0 Å². The molecule has 0 saturated carbocycles. The van der Waals surface area contributed by atoms with Crippen molar-refractivity contribution in [3.8, 4) is 0 Å². The van der Waals surface area contributed by atoms with Gasteiger partial charge in [-0.1, -0.05) is 12.2 Å². The fraction of sp³-hybridized carbons (Fsp3) is 0.667. The molecule has 0 aromatic heterocycles. The summed E-state index contributed by atoms with van der Waals surface area (Å²) in [7, 11) is 1.96. The Morgan fingerprint density at radius 3 is 2.63 bits per heavy atom. The Morgan fingerprint density at radius 1 is 1.26 bits per heavy atom. The Morgan fingerprint density at radius 2 is 2.05 bits per heavy atom. The van der Waals surface area contributed by atoms with Crippen LogP contribution in [0.4, 0.5) is 0 Å². The average Bonchev–Trinajstić information content (AvgIpc) is 2.43. The molecule has 0 radical (unpaired) electrons. The lowest BCUT2D eigenvalue weighted by atomic mass is 10.2. The van der Waals surface area contributed by atoms with Crippen LogP contribution in [0.1, 0.15) is 39.5 Å². The largest absolute Gasteiger partial charge is 0.396 e. The summed E-state index contributed by atoms with van der Waals surface area (Å²) in [6.45, 7) is 6.16. The molecule has 19 heavy (non-hydrogen) atoms. The Balaban J connectivity index is 4.44. The number of aliphatic hydroxyl groups excluding tert-OH is 1. The Hall–Kier alpha value is -1.13. The van der Waals surface area contributed by atoms with Gasteiger partial charge in [0.05, 0.1) is 0 Å². The summed E-state index contributed by atoms with van der Waals surface area (Å²) in [5.41, 5.74) is 1.24. The Labute approximate surface area is 117 Å². The molecule has 0 aromatic carbocycles. The molecule has 2 N–H and O–H groups in total. The zero-order valence-corrected chi connectivity index (χ0v) is 12.6. The van der Waals surface area contributed by atoms with E-state index < -0.39 is 0 Å². The molecular weight excluding hydrogens is 238 g/mol. The van der Waals surface area contributed by atoms with Crippen LogP contribution in [-0.2, 0) is 0 Å². The first-order valence-electron chi connectivity index (χ1n) is 7.13. The van der Waals surface area contributed by atoms with Crippen LogP contribution in [0, 0.1) is 0 Å². The molecule has 0 amide bonds. The predicted octanol–water partition coefficient (Wildman–Crippen LogP) is 2.53. The molecule has 0 fully saturated rings. The highest BCUT2D eigenvalue weighted by Crippen LogP contribution is 2.11. The topological polar surface area (TPSA) is 47.9 Å². The first-order chi connectivity index (χ1) is 9.29. The fourth-order valence-corrected chi connectivity index (χ4v) is 1.71. The van der Waals surface area contributed by atoms with Gasteiger partial charge in [-0.2, -0.15) is 5.10 Å². The van der Waals surface area contributed by atoms with Crippen molar-refractivity contribution in [3.63, 3.8) is 0 Å². The van der Waals surface area contributed by atoms with Gasteiger partial charge in [0.25, 0.3) is 0 Å². The van der Waals surface area contributed by atoms with E-state index in [0.717, 1.165) is 38.8 Å². The Bertz CT molecular complexity index is 285. The summed E-state index contributed by atoms with van der Waals surface area (Å²) in [6, 6.07) is 0. The molecule has 0 saturated heterocycles. The van der Waals surface area contributed by atoms with E-state index in [9.17, 15) is 0 Å². The molecule has 0 bridgehead atoms. The molecule has 0 spiro atoms. The van der Waals surface area contributed by atoms with Crippen molar-refractivity contribution >= 4 is 6.21 Å². The van der Waals surface area contributed by atoms with Crippen molar-refractivity contribution in [3.05, 3.63) is 23.9 Å². The van der Waals surface area contributed by atoms with Gasteiger partial charge in [0, 0.05) is 38.0 Å². The third-order valence-corrected chi connectivity index (χ3v) is 2.81. The number of nitrogens with zero attached hydrogens (tertiary/aromatic N) is 2. The summed E-state index contributed by atoms with van der Waals surface area (Å²) in [6.07, 6.45) is 11.8. The number of hydrazone groups is 1. The zero-order valence-electron chi connectivity index (χ0n) is 12.6. The van der Waals surface area contributed by atoms with E-state index >= 15 is 0 Å². The van der Waals surface area contributed by atoms with Crippen LogP contribution >= 0.6 is 0 Å². The SMILES string of the molecule is C/C=C/C=N/N(CCCCCO)/C(=C/C)CCNC. The zero-order chi connectivity index (χ0) is 14.3. The second-order valence-electron chi connectivity index (χ2n) is 4.33. The maximum Gasteiger partial charge on any atom is 0.0471 e. The molecule has 0 aliphatic carbocycles. The molecule has 0 heterocycles. The molecule has 110 valence electrons. The average molecular weight is 267 g/mol. The lowest BCUT2D eigenvalue weighted by Gasteiger charge is -2.22. The fourth-order valence-electron chi connectivity index (χ4n) is 1.71. The first kappa shape index (κ1) is 17.9. The molecule has 0 aliphatic heterocycles. The van der Waals surface area contributed by atoms with E-state index in [0.29, 0.717) is 0 Å². The van der Waals surface area contributed by atoms with E-state index in [4.69, 9.17) is 5.11 Å². The summed E-state index contributed by atoms with van der Waals surface area (Å²) in [5.74, 6) is 0. The quantitative estimate of drug-likeness (QED) is 0.343. The molecule has 4 nitrogen and oxygen atoms in total. The predicted molar refractivity (Wildman–Crippen MR) is 83.2 cm³/mol. The van der Waals surface area contributed by atoms with Crippen LogP contribution in [0.3, 0.4) is 0 Å². The van der Waals surface area contributed by atoms with Crippen LogP contribution in [0.15, 0.2) is 29.0 Å². The summed E-state index contributed by atoms with van der Waals surface area (Å²) >= 11 is 0. The van der Waals surface area contributed by atoms with Gasteiger partial charge < -0.3 is 10.4 Å². The number of rotatable bonds is 11. The highest BCUT2D eigenvalue weighted by Gasteiger charge is 2.06. The third-order valence-electron chi connectivity index (χ3n) is 2.81. The van der Waals surface area contributed by atoms with Gasteiger partial charge in [-0.05, 0) is 46.2 Å². The highest BCUT2D eigenvalue weighted by molar-refractivity contribution is 5.70. The minimum absolute atomic E-state index is 0.276. The molecule has 0 rings (SSSR count). The van der Waals surface area contributed by atoms with Crippen LogP contribution < -0.4 is 5.32 Å². The number of aliphatic hydroxyl groups is 1. The third kappa shape index (κ3) is 9.45. The maximum absolute atomic E-state index is 8.80. The van der Waals surface area contributed by atoms with E-state index in [1.807, 2.05) is 32.3 Å². The van der Waals surface area contributed by atoms with Gasteiger partial charge in [0.1, 0.15) is 0 Å². The number of hydrogen-bond donors (Lipinski definition) is 2. The van der Waals surface area contributed by atoms with E-state index in [1.165, 1.54) is 5.70 Å². The molecular formula is C15H29N3O. The van der Waals surface area contributed by atoms with Gasteiger partial charge in [0.2, 0.25) is 0 Å². The summed E-state index contributed by atoms with van der Waals surface area (Å²) in [5, 5.41) is 18.5. The van der Waals surface area contributed by atoms with Crippen molar-refractivity contribution < 1.29 is 5.11 Å². The van der Waals surface area contributed by atoms with Crippen molar-refractivity contribution in [2.24, 2.45) is 5.10 Å². The van der Waals surface area contributed by atoms with Crippen LogP contribution in [0.2, 0.25) is 0 Å². The minimum Gasteiger partial charge on any atom is -0.396 e. The van der Waals surface area contributed by atoms with Crippen molar-refractivity contribution in [2.75, 3.05) is 26.7 Å². The van der Waals surface area contributed by atoms with E-state index in [1.54, 1.807) is 0 Å². The first-order valence-corrected chi connectivity index (χ1v) is 7.13. The molecule has 0 unspecified atom stereocenters. The van der Waals surface area contributed by atoms with Gasteiger partial charge in [-0.15, -0.1) is 0 Å². The van der Waals surface area contributed by atoms with Crippen LogP contribution in [0.5, 0.6) is 0 Å². The van der Waals surface area contributed by atoms with Gasteiger partial charge in [-0.25, -0.2) is 0 Å². The summed E-state index contributed by atoms with van der Waals surface area (Å²) < 4.78 is 0. The molecule has 4 heteroatoms. The van der Waals surface area contributed by atoms with Crippen molar-refractivity contribution in [1.82, 2.24) is 10.3 Å². The number of hydrogen-bond acceptors (Lipinski definition) is 4. The number of nitrogens with one attached hydrogen (secondary N) is 1. The standard InChI is InChI=1S/C15H29N3O/c1-4-6-11-17-18(13-8-7-9-14-19)15(5-2)10-12-16-3/h4-6,11,16,19H,7-10,12-14H2,1-3H3/b6-4+,15-5+,17-11+. The monoisotopic (exact) mass is 267 g/mol. The van der Waals surface area contributed by atoms with E-state index in [-0.39, 0.29) is 6.61 Å². The second-order valence-corrected chi connectivity index (χ2v) is 4.33. The molecule has 0 aromatic rings. The van der Waals surface area contributed by atoms with Gasteiger partial charge in [0.15, 0.2) is 0 Å². The number of allylic oxidation sites excluding steroid dienone is 3. The minimum atomic E-state index is 0.276. The van der Waals surface area contributed by atoms with Gasteiger partial charge in [-0.3, -0.25) is 5.01 Å². The Kier molecular flexibility index (Phi) is 12.5. The lowest BCUT2D eigenvalue weighted by molar-refractivity contribution is 0.275. The van der Waals surface area contributed by atoms with Crippen LogP contribution in [-0.4, -0.2) is 43.1 Å². The smallest absolute Gasteiger partial charge is 0.0471 e. The van der Waals surface area contributed by atoms with Gasteiger partial charge >= 0.3 is 0 Å².